The van der Waals surface area contributed by atoms with Crippen molar-refractivity contribution >= 4 is 23.2 Å². The summed E-state index contributed by atoms with van der Waals surface area (Å²) in [5, 5.41) is 3.08. The van der Waals surface area contributed by atoms with Crippen molar-refractivity contribution in [1.29, 1.82) is 0 Å². The number of halogens is 1. The molecule has 1 heterocycles. The van der Waals surface area contributed by atoms with Crippen molar-refractivity contribution in [3.63, 3.8) is 0 Å². The van der Waals surface area contributed by atoms with Crippen LogP contribution in [0.15, 0.2) is 18.3 Å². The van der Waals surface area contributed by atoms with Gasteiger partial charge in [0.25, 0.3) is 0 Å². The highest BCUT2D eigenvalue weighted by atomic mass is 35.5. The molecule has 68 valence electrons. The number of anilines is 1. The number of hydrogen-bond acceptors (Lipinski definition) is 2. The third-order valence-corrected chi connectivity index (χ3v) is 2.27. The fraction of sp³-hybridized carbons (Fsp3) is 0.333. The highest BCUT2D eigenvalue weighted by Crippen LogP contribution is 2.30. The molecular weight excluding hydrogens is 188 g/mol. The summed E-state index contributed by atoms with van der Waals surface area (Å²) in [6.45, 7) is 0. The van der Waals surface area contributed by atoms with Crippen LogP contribution in [0.1, 0.15) is 12.8 Å². The van der Waals surface area contributed by atoms with E-state index in [2.05, 4.69) is 10.3 Å². The molecule has 0 bridgehead atoms. The Kier molecular flexibility index (Phi) is 2.19. The molecule has 0 radical (unpaired) electrons. The lowest BCUT2D eigenvalue weighted by Crippen LogP contribution is -2.13. The van der Waals surface area contributed by atoms with Crippen LogP contribution in [0.3, 0.4) is 0 Å². The van der Waals surface area contributed by atoms with E-state index in [0.717, 1.165) is 12.8 Å². The minimum atomic E-state index is 0.0508. The van der Waals surface area contributed by atoms with Crippen LogP contribution in [0.5, 0.6) is 0 Å². The van der Waals surface area contributed by atoms with Gasteiger partial charge in [-0.3, -0.25) is 4.79 Å². The molecule has 0 aliphatic heterocycles. The lowest BCUT2D eigenvalue weighted by molar-refractivity contribution is -0.117. The number of hydrogen-bond donors (Lipinski definition) is 1. The molecule has 1 fully saturated rings. The Morgan fingerprint density at radius 2 is 2.38 bits per heavy atom. The van der Waals surface area contributed by atoms with Crippen molar-refractivity contribution in [2.75, 3.05) is 5.32 Å². The molecule has 0 aromatic carbocycles. The van der Waals surface area contributed by atoms with Gasteiger partial charge in [0.15, 0.2) is 5.15 Å². The predicted molar refractivity (Wildman–Crippen MR) is 50.6 cm³/mol. The fourth-order valence-electron chi connectivity index (χ4n) is 1.06. The van der Waals surface area contributed by atoms with Crippen LogP contribution in [0.25, 0.3) is 0 Å². The molecule has 1 amide bonds. The Balaban J connectivity index is 2.08. The lowest BCUT2D eigenvalue weighted by atomic mass is 10.3. The standard InChI is InChI=1S/C9H9ClN2O/c10-8-7(2-1-5-11-8)12-9(13)6-3-4-6/h1-2,5-6H,3-4H2,(H,12,13). The SMILES string of the molecule is O=C(Nc1cccnc1Cl)C1CC1. The second-order valence-electron chi connectivity index (χ2n) is 3.11. The molecule has 1 aromatic heterocycles. The van der Waals surface area contributed by atoms with Gasteiger partial charge in [-0.05, 0) is 25.0 Å². The highest BCUT2D eigenvalue weighted by Gasteiger charge is 2.29. The first kappa shape index (κ1) is 8.51. The fourth-order valence-corrected chi connectivity index (χ4v) is 1.23. The number of aromatic nitrogens is 1. The molecule has 1 aromatic rings. The average molecular weight is 197 g/mol. The largest absolute Gasteiger partial charge is 0.323 e. The van der Waals surface area contributed by atoms with Crippen LogP contribution in [0.4, 0.5) is 5.69 Å². The zero-order chi connectivity index (χ0) is 9.26. The van der Waals surface area contributed by atoms with Crippen LogP contribution in [-0.4, -0.2) is 10.9 Å². The van der Waals surface area contributed by atoms with Crippen molar-refractivity contribution in [2.45, 2.75) is 12.8 Å². The quantitative estimate of drug-likeness (QED) is 0.736. The molecule has 13 heavy (non-hydrogen) atoms. The summed E-state index contributed by atoms with van der Waals surface area (Å²) in [6, 6.07) is 3.49. The van der Waals surface area contributed by atoms with E-state index in [1.54, 1.807) is 18.3 Å². The van der Waals surface area contributed by atoms with Gasteiger partial charge in [0.1, 0.15) is 0 Å². The predicted octanol–water partition coefficient (Wildman–Crippen LogP) is 2.08. The minimum absolute atomic E-state index is 0.0508. The smallest absolute Gasteiger partial charge is 0.227 e. The number of carbonyl (C=O) groups excluding carboxylic acids is 1. The first-order valence-electron chi connectivity index (χ1n) is 4.19. The summed E-state index contributed by atoms with van der Waals surface area (Å²) in [7, 11) is 0. The number of amides is 1. The van der Waals surface area contributed by atoms with Gasteiger partial charge in [-0.15, -0.1) is 0 Å². The lowest BCUT2D eigenvalue weighted by Gasteiger charge is -2.04. The molecular formula is C9H9ClN2O. The summed E-state index contributed by atoms with van der Waals surface area (Å²) in [4.78, 5) is 15.2. The van der Waals surface area contributed by atoms with E-state index >= 15 is 0 Å². The van der Waals surface area contributed by atoms with Gasteiger partial charge in [-0.25, -0.2) is 4.98 Å². The van der Waals surface area contributed by atoms with E-state index < -0.39 is 0 Å². The van der Waals surface area contributed by atoms with Crippen molar-refractivity contribution < 1.29 is 4.79 Å². The summed E-state index contributed by atoms with van der Waals surface area (Å²) in [5.74, 6) is 0.242. The van der Waals surface area contributed by atoms with Crippen molar-refractivity contribution in [3.05, 3.63) is 23.5 Å². The van der Waals surface area contributed by atoms with Gasteiger partial charge in [0, 0.05) is 12.1 Å². The summed E-state index contributed by atoms with van der Waals surface area (Å²) in [6.07, 6.45) is 3.57. The van der Waals surface area contributed by atoms with Gasteiger partial charge in [-0.1, -0.05) is 11.6 Å². The maximum absolute atomic E-state index is 11.3. The number of nitrogens with zero attached hydrogens (tertiary/aromatic N) is 1. The Bertz CT molecular complexity index is 336. The molecule has 1 aliphatic rings. The normalized spacial score (nSPS) is 15.5. The van der Waals surface area contributed by atoms with Crippen LogP contribution < -0.4 is 5.32 Å². The van der Waals surface area contributed by atoms with Gasteiger partial charge in [-0.2, -0.15) is 0 Å². The van der Waals surface area contributed by atoms with Crippen LogP contribution in [0.2, 0.25) is 5.15 Å². The van der Waals surface area contributed by atoms with E-state index in [1.807, 2.05) is 0 Å². The molecule has 0 saturated heterocycles. The first-order valence-corrected chi connectivity index (χ1v) is 4.56. The molecule has 1 aliphatic carbocycles. The second-order valence-corrected chi connectivity index (χ2v) is 3.46. The Labute approximate surface area is 81.1 Å². The highest BCUT2D eigenvalue weighted by molar-refractivity contribution is 6.32. The minimum Gasteiger partial charge on any atom is -0.323 e. The molecule has 2 rings (SSSR count). The molecule has 0 atom stereocenters. The van der Waals surface area contributed by atoms with E-state index in [0.29, 0.717) is 10.8 Å². The molecule has 3 nitrogen and oxygen atoms in total. The van der Waals surface area contributed by atoms with Gasteiger partial charge >= 0.3 is 0 Å². The Hall–Kier alpha value is -1.09. The van der Waals surface area contributed by atoms with E-state index in [1.165, 1.54) is 0 Å². The summed E-state index contributed by atoms with van der Waals surface area (Å²) < 4.78 is 0. The topological polar surface area (TPSA) is 42.0 Å². The molecule has 0 unspecified atom stereocenters. The maximum atomic E-state index is 11.3. The molecule has 1 N–H and O–H groups in total. The number of carbonyl (C=O) groups is 1. The molecule has 4 heteroatoms. The van der Waals surface area contributed by atoms with Gasteiger partial charge < -0.3 is 5.32 Å². The molecule has 1 saturated carbocycles. The number of pyridine rings is 1. The van der Waals surface area contributed by atoms with Gasteiger partial charge in [0.2, 0.25) is 5.91 Å². The zero-order valence-electron chi connectivity index (χ0n) is 6.96. The summed E-state index contributed by atoms with van der Waals surface area (Å²) >= 11 is 5.77. The monoisotopic (exact) mass is 196 g/mol. The maximum Gasteiger partial charge on any atom is 0.227 e. The van der Waals surface area contributed by atoms with Crippen molar-refractivity contribution in [2.24, 2.45) is 5.92 Å². The van der Waals surface area contributed by atoms with E-state index in [-0.39, 0.29) is 11.8 Å². The van der Waals surface area contributed by atoms with E-state index in [9.17, 15) is 4.79 Å². The molecule has 0 spiro atoms. The number of nitrogens with one attached hydrogen (secondary N) is 1. The number of rotatable bonds is 2. The third kappa shape index (κ3) is 1.98. The second kappa shape index (κ2) is 3.34. The Morgan fingerprint density at radius 1 is 1.62 bits per heavy atom. The van der Waals surface area contributed by atoms with Crippen molar-refractivity contribution in [3.8, 4) is 0 Å². The first-order chi connectivity index (χ1) is 6.27. The Morgan fingerprint density at radius 3 is 3.00 bits per heavy atom. The van der Waals surface area contributed by atoms with Gasteiger partial charge in [0.05, 0.1) is 5.69 Å². The average Bonchev–Trinajstić information content (AvgIpc) is 2.91. The van der Waals surface area contributed by atoms with Crippen LogP contribution >= 0.6 is 11.6 Å². The third-order valence-electron chi connectivity index (χ3n) is 1.97. The van der Waals surface area contributed by atoms with Crippen LogP contribution in [-0.2, 0) is 4.79 Å². The zero-order valence-corrected chi connectivity index (χ0v) is 7.71. The van der Waals surface area contributed by atoms with Crippen LogP contribution in [0, 0.1) is 5.92 Å². The summed E-state index contributed by atoms with van der Waals surface area (Å²) in [5.41, 5.74) is 0.598. The van der Waals surface area contributed by atoms with Crippen molar-refractivity contribution in [1.82, 2.24) is 4.98 Å². The van der Waals surface area contributed by atoms with E-state index in [4.69, 9.17) is 11.6 Å².